The molecule has 6 heteroatoms. The molecule has 2 aliphatic rings. The van der Waals surface area contributed by atoms with Crippen LogP contribution in [0.3, 0.4) is 0 Å². The van der Waals surface area contributed by atoms with Crippen LogP contribution >= 0.6 is 0 Å². The number of ether oxygens (including phenoxy) is 1. The molecule has 1 aliphatic carbocycles. The molecule has 1 aliphatic heterocycles. The molecule has 3 amide bonds. The molecule has 2 atom stereocenters. The van der Waals surface area contributed by atoms with Crippen molar-refractivity contribution in [3.8, 4) is 0 Å². The molecule has 1 heterocycles. The van der Waals surface area contributed by atoms with E-state index in [4.69, 9.17) is 4.74 Å². The summed E-state index contributed by atoms with van der Waals surface area (Å²) < 4.78 is 5.64. The third kappa shape index (κ3) is 6.37. The number of nitrogens with one attached hydrogen (secondary N) is 2. The average Bonchev–Trinajstić information content (AvgIpc) is 2.51. The zero-order chi connectivity index (χ0) is 16.7. The van der Waals surface area contributed by atoms with Gasteiger partial charge in [-0.2, -0.15) is 0 Å². The maximum atomic E-state index is 12.2. The topological polar surface area (TPSA) is 70.7 Å². The van der Waals surface area contributed by atoms with Gasteiger partial charge >= 0.3 is 6.03 Å². The largest absolute Gasteiger partial charge is 0.372 e. The predicted molar refractivity (Wildman–Crippen MR) is 89.2 cm³/mol. The molecule has 0 aromatic rings. The Morgan fingerprint density at radius 2 is 1.74 bits per heavy atom. The quantitative estimate of drug-likeness (QED) is 0.760. The van der Waals surface area contributed by atoms with Crippen LogP contribution < -0.4 is 10.6 Å². The summed E-state index contributed by atoms with van der Waals surface area (Å²) in [5.74, 6) is 0.154. The second kappa shape index (κ2) is 9.11. The van der Waals surface area contributed by atoms with Crippen LogP contribution in [0.1, 0.15) is 58.8 Å². The number of hydrogen-bond acceptors (Lipinski definition) is 3. The van der Waals surface area contributed by atoms with Crippen molar-refractivity contribution in [3.63, 3.8) is 0 Å². The van der Waals surface area contributed by atoms with Crippen molar-refractivity contribution in [1.29, 1.82) is 0 Å². The third-order valence-corrected chi connectivity index (χ3v) is 4.57. The summed E-state index contributed by atoms with van der Waals surface area (Å²) in [5, 5.41) is 5.88. The van der Waals surface area contributed by atoms with Gasteiger partial charge in [0.15, 0.2) is 0 Å². The Balaban J connectivity index is 1.57. The van der Waals surface area contributed by atoms with Crippen LogP contribution in [0.2, 0.25) is 0 Å². The van der Waals surface area contributed by atoms with E-state index in [1.165, 1.54) is 19.3 Å². The highest BCUT2D eigenvalue weighted by molar-refractivity contribution is 5.76. The van der Waals surface area contributed by atoms with E-state index in [0.717, 1.165) is 12.8 Å². The Kier molecular flexibility index (Phi) is 7.15. The van der Waals surface area contributed by atoms with Gasteiger partial charge in [0.25, 0.3) is 0 Å². The van der Waals surface area contributed by atoms with Gasteiger partial charge in [0.1, 0.15) is 0 Å². The Hall–Kier alpha value is -1.30. The van der Waals surface area contributed by atoms with Crippen LogP contribution in [-0.4, -0.2) is 54.7 Å². The zero-order valence-corrected chi connectivity index (χ0v) is 14.5. The molecule has 0 aromatic heterocycles. The van der Waals surface area contributed by atoms with Gasteiger partial charge in [-0.05, 0) is 33.1 Å². The number of amides is 3. The molecule has 0 radical (unpaired) electrons. The number of morpholine rings is 1. The van der Waals surface area contributed by atoms with Gasteiger partial charge in [-0.1, -0.05) is 19.3 Å². The molecule has 2 N–H and O–H groups in total. The zero-order valence-electron chi connectivity index (χ0n) is 14.5. The highest BCUT2D eigenvalue weighted by Gasteiger charge is 2.25. The van der Waals surface area contributed by atoms with Crippen molar-refractivity contribution < 1.29 is 14.3 Å². The van der Waals surface area contributed by atoms with E-state index in [-0.39, 0.29) is 24.1 Å². The lowest BCUT2D eigenvalue weighted by Gasteiger charge is -2.35. The molecule has 1 saturated carbocycles. The molecule has 0 spiro atoms. The number of carbonyl (C=O) groups excluding carboxylic acids is 2. The predicted octanol–water partition coefficient (Wildman–Crippen LogP) is 2.03. The molecule has 6 nitrogen and oxygen atoms in total. The van der Waals surface area contributed by atoms with Crippen LogP contribution in [-0.2, 0) is 9.53 Å². The fourth-order valence-electron chi connectivity index (χ4n) is 3.46. The first-order valence-corrected chi connectivity index (χ1v) is 9.02. The minimum atomic E-state index is -0.0991. The smallest absolute Gasteiger partial charge is 0.315 e. The van der Waals surface area contributed by atoms with Crippen molar-refractivity contribution in [2.75, 3.05) is 19.6 Å². The summed E-state index contributed by atoms with van der Waals surface area (Å²) in [4.78, 5) is 25.9. The normalized spacial score (nSPS) is 25.9. The molecule has 1 saturated heterocycles. The second-order valence-electron chi connectivity index (χ2n) is 6.89. The van der Waals surface area contributed by atoms with Gasteiger partial charge in [-0.25, -0.2) is 4.79 Å². The van der Waals surface area contributed by atoms with Gasteiger partial charge in [-0.15, -0.1) is 0 Å². The van der Waals surface area contributed by atoms with E-state index in [2.05, 4.69) is 10.6 Å². The summed E-state index contributed by atoms with van der Waals surface area (Å²) in [6, 6.07) is 0.222. The lowest BCUT2D eigenvalue weighted by Crippen LogP contribution is -2.48. The van der Waals surface area contributed by atoms with Crippen molar-refractivity contribution in [1.82, 2.24) is 15.5 Å². The Labute approximate surface area is 139 Å². The molecule has 23 heavy (non-hydrogen) atoms. The van der Waals surface area contributed by atoms with Crippen molar-refractivity contribution in [2.45, 2.75) is 77.0 Å². The summed E-state index contributed by atoms with van der Waals surface area (Å²) >= 11 is 0. The maximum absolute atomic E-state index is 12.2. The van der Waals surface area contributed by atoms with Crippen LogP contribution in [0.4, 0.5) is 4.79 Å². The number of hydrogen-bond donors (Lipinski definition) is 2. The molecule has 132 valence electrons. The highest BCUT2D eigenvalue weighted by Crippen LogP contribution is 2.17. The summed E-state index contributed by atoms with van der Waals surface area (Å²) in [6.07, 6.45) is 7.20. The van der Waals surface area contributed by atoms with E-state index in [0.29, 0.717) is 38.5 Å². The van der Waals surface area contributed by atoms with Crippen LogP contribution in [0.25, 0.3) is 0 Å². The maximum Gasteiger partial charge on any atom is 0.315 e. The standard InChI is InChI=1S/C17H31N3O3/c1-13-11-20(12-14(2)23-13)16(21)9-6-10-18-17(22)19-15-7-4-3-5-8-15/h13-15H,3-12H2,1-2H3,(H2,18,19,22). The fourth-order valence-corrected chi connectivity index (χ4v) is 3.46. The summed E-state index contributed by atoms with van der Waals surface area (Å²) in [6.45, 7) is 5.86. The van der Waals surface area contributed by atoms with Gasteiger partial charge in [0, 0.05) is 32.1 Å². The van der Waals surface area contributed by atoms with Crippen LogP contribution in [0.5, 0.6) is 0 Å². The minimum absolute atomic E-state index is 0.0991. The third-order valence-electron chi connectivity index (χ3n) is 4.57. The molecule has 2 rings (SSSR count). The van der Waals surface area contributed by atoms with Gasteiger partial charge in [0.05, 0.1) is 12.2 Å². The highest BCUT2D eigenvalue weighted by atomic mass is 16.5. The first kappa shape index (κ1) is 18.0. The Bertz CT molecular complexity index is 387. The number of rotatable bonds is 5. The first-order valence-electron chi connectivity index (χ1n) is 9.02. The number of carbonyl (C=O) groups is 2. The van der Waals surface area contributed by atoms with E-state index < -0.39 is 0 Å². The second-order valence-corrected chi connectivity index (χ2v) is 6.89. The average molecular weight is 325 g/mol. The summed E-state index contributed by atoms with van der Waals surface area (Å²) in [7, 11) is 0. The Morgan fingerprint density at radius 3 is 2.39 bits per heavy atom. The Morgan fingerprint density at radius 1 is 1.09 bits per heavy atom. The number of nitrogens with zero attached hydrogens (tertiary/aromatic N) is 1. The summed E-state index contributed by atoms with van der Waals surface area (Å²) in [5.41, 5.74) is 0. The molecule has 2 fully saturated rings. The van der Waals surface area contributed by atoms with E-state index in [9.17, 15) is 9.59 Å². The fraction of sp³-hybridized carbons (Fsp3) is 0.882. The van der Waals surface area contributed by atoms with Gasteiger partial charge < -0.3 is 20.3 Å². The van der Waals surface area contributed by atoms with E-state index in [1.54, 1.807) is 0 Å². The van der Waals surface area contributed by atoms with E-state index in [1.807, 2.05) is 18.7 Å². The van der Waals surface area contributed by atoms with Crippen molar-refractivity contribution >= 4 is 11.9 Å². The minimum Gasteiger partial charge on any atom is -0.372 e. The van der Waals surface area contributed by atoms with Gasteiger partial charge in [-0.3, -0.25) is 4.79 Å². The first-order chi connectivity index (χ1) is 11.0. The lowest BCUT2D eigenvalue weighted by molar-refractivity contribution is -0.143. The molecule has 0 aromatic carbocycles. The monoisotopic (exact) mass is 325 g/mol. The lowest BCUT2D eigenvalue weighted by atomic mass is 9.96. The van der Waals surface area contributed by atoms with Gasteiger partial charge in [0.2, 0.25) is 5.91 Å². The van der Waals surface area contributed by atoms with Crippen molar-refractivity contribution in [3.05, 3.63) is 0 Å². The number of urea groups is 1. The van der Waals surface area contributed by atoms with Crippen LogP contribution in [0, 0.1) is 0 Å². The van der Waals surface area contributed by atoms with Crippen LogP contribution in [0.15, 0.2) is 0 Å². The SMILES string of the molecule is CC1CN(C(=O)CCCNC(=O)NC2CCCCC2)CC(C)O1. The van der Waals surface area contributed by atoms with Crippen molar-refractivity contribution in [2.24, 2.45) is 0 Å². The molecular weight excluding hydrogens is 294 g/mol. The molecule has 0 bridgehead atoms. The molecule has 2 unspecified atom stereocenters. The van der Waals surface area contributed by atoms with E-state index >= 15 is 0 Å². The molecular formula is C17H31N3O3.